The van der Waals surface area contributed by atoms with Gasteiger partial charge in [-0.15, -0.1) is 0 Å². The summed E-state index contributed by atoms with van der Waals surface area (Å²) in [7, 11) is 0. The first kappa shape index (κ1) is 13.1. The summed E-state index contributed by atoms with van der Waals surface area (Å²) in [6.07, 6.45) is 4.59. The van der Waals surface area contributed by atoms with Gasteiger partial charge in [-0.2, -0.15) is 5.26 Å². The molecule has 104 valence electrons. The van der Waals surface area contributed by atoms with Crippen LogP contribution < -0.4 is 9.47 Å². The molecule has 1 aromatic heterocycles. The highest BCUT2D eigenvalue weighted by Gasteiger charge is 2.30. The molecular weight excluding hydrogens is 268 g/mol. The molecule has 6 heteroatoms. The zero-order valence-corrected chi connectivity index (χ0v) is 11.6. The Labute approximate surface area is 121 Å². The Hall–Kier alpha value is -2.94. The first-order valence-corrected chi connectivity index (χ1v) is 6.35. The fourth-order valence-electron chi connectivity index (χ4n) is 1.97. The summed E-state index contributed by atoms with van der Waals surface area (Å²) >= 11 is 0. The molecule has 0 atom stereocenters. The van der Waals surface area contributed by atoms with Gasteiger partial charge in [-0.05, 0) is 32.0 Å². The molecule has 0 bridgehead atoms. The van der Waals surface area contributed by atoms with Crippen LogP contribution in [0.5, 0.6) is 11.6 Å². The summed E-state index contributed by atoms with van der Waals surface area (Å²) < 4.78 is 11.5. The van der Waals surface area contributed by atoms with Crippen molar-refractivity contribution in [1.29, 1.82) is 5.26 Å². The predicted molar refractivity (Wildman–Crippen MR) is 75.1 cm³/mol. The summed E-state index contributed by atoms with van der Waals surface area (Å²) in [5.41, 5.74) is 0.380. The molecule has 0 spiro atoms. The summed E-state index contributed by atoms with van der Waals surface area (Å²) in [4.78, 5) is 12.4. The van der Waals surface area contributed by atoms with E-state index in [4.69, 9.17) is 14.7 Å². The van der Waals surface area contributed by atoms with Gasteiger partial charge < -0.3 is 9.47 Å². The van der Waals surface area contributed by atoms with Gasteiger partial charge in [0.15, 0.2) is 5.72 Å². The third kappa shape index (κ3) is 2.67. The molecule has 1 aliphatic heterocycles. The van der Waals surface area contributed by atoms with E-state index in [1.165, 1.54) is 12.4 Å². The van der Waals surface area contributed by atoms with Gasteiger partial charge in [-0.3, -0.25) is 4.98 Å². The molecule has 2 aromatic rings. The third-order valence-corrected chi connectivity index (χ3v) is 2.81. The van der Waals surface area contributed by atoms with E-state index in [0.29, 0.717) is 28.7 Å². The van der Waals surface area contributed by atoms with E-state index in [0.717, 1.165) is 0 Å². The maximum atomic E-state index is 9.02. The molecule has 0 amide bonds. The summed E-state index contributed by atoms with van der Waals surface area (Å²) in [5, 5.41) is 9.02. The Balaban J connectivity index is 2.05. The van der Waals surface area contributed by atoms with Crippen LogP contribution in [-0.2, 0) is 0 Å². The van der Waals surface area contributed by atoms with Crippen molar-refractivity contribution in [3.8, 4) is 17.7 Å². The van der Waals surface area contributed by atoms with Crippen molar-refractivity contribution < 1.29 is 9.47 Å². The minimum absolute atomic E-state index is 0.335. The van der Waals surface area contributed by atoms with Crippen molar-refractivity contribution in [3.63, 3.8) is 0 Å². The number of aliphatic imine (C=N–C) groups is 1. The second-order valence-electron chi connectivity index (χ2n) is 4.93. The normalized spacial score (nSPS) is 15.2. The van der Waals surface area contributed by atoms with Crippen LogP contribution in [0.2, 0.25) is 0 Å². The number of hydrogen-bond donors (Lipinski definition) is 0. The zero-order valence-electron chi connectivity index (χ0n) is 11.6. The van der Waals surface area contributed by atoms with Crippen LogP contribution in [0.1, 0.15) is 25.0 Å². The SMILES string of the molecule is CC1(C)N=C(Oc2cnccn2)c2cc(C#N)ccc2O1. The van der Waals surface area contributed by atoms with Crippen molar-refractivity contribution in [3.05, 3.63) is 47.9 Å². The summed E-state index contributed by atoms with van der Waals surface area (Å²) in [6, 6.07) is 7.20. The van der Waals surface area contributed by atoms with E-state index in [2.05, 4.69) is 21.0 Å². The highest BCUT2D eigenvalue weighted by atomic mass is 16.5. The standard InChI is InChI=1S/C15H12N4O2/c1-15(2)19-14(20-13-9-17-5-6-18-13)11-7-10(8-16)3-4-12(11)21-15/h3-7,9H,1-2H3. The van der Waals surface area contributed by atoms with Crippen LogP contribution in [-0.4, -0.2) is 21.6 Å². The molecule has 0 radical (unpaired) electrons. The molecule has 0 unspecified atom stereocenters. The number of fused-ring (bicyclic) bond motifs is 1. The maximum absolute atomic E-state index is 9.02. The van der Waals surface area contributed by atoms with Crippen LogP contribution in [0.3, 0.4) is 0 Å². The zero-order chi connectivity index (χ0) is 14.9. The molecule has 0 saturated heterocycles. The number of nitriles is 1. The Bertz CT molecular complexity index is 748. The highest BCUT2D eigenvalue weighted by molar-refractivity contribution is 5.99. The third-order valence-electron chi connectivity index (χ3n) is 2.81. The number of ether oxygens (including phenoxy) is 2. The van der Waals surface area contributed by atoms with Crippen molar-refractivity contribution in [2.24, 2.45) is 4.99 Å². The minimum Gasteiger partial charge on any atom is -0.466 e. The number of benzene rings is 1. The number of nitrogens with zero attached hydrogens (tertiary/aromatic N) is 4. The first-order chi connectivity index (χ1) is 10.1. The average molecular weight is 280 g/mol. The lowest BCUT2D eigenvalue weighted by molar-refractivity contribution is 0.112. The molecule has 3 rings (SSSR count). The van der Waals surface area contributed by atoms with E-state index in [1.54, 1.807) is 24.4 Å². The highest BCUT2D eigenvalue weighted by Crippen LogP contribution is 2.31. The predicted octanol–water partition coefficient (Wildman–Crippen LogP) is 2.30. The lowest BCUT2D eigenvalue weighted by Gasteiger charge is -2.29. The Kier molecular flexibility index (Phi) is 3.03. The van der Waals surface area contributed by atoms with Crippen molar-refractivity contribution in [2.75, 3.05) is 0 Å². The van der Waals surface area contributed by atoms with Gasteiger partial charge in [0.05, 0.1) is 23.4 Å². The fourth-order valence-corrected chi connectivity index (χ4v) is 1.97. The lowest BCUT2D eigenvalue weighted by Crippen LogP contribution is -2.34. The number of rotatable bonds is 1. The summed E-state index contributed by atoms with van der Waals surface area (Å²) in [6.45, 7) is 3.66. The number of aromatic nitrogens is 2. The van der Waals surface area contributed by atoms with Crippen LogP contribution >= 0.6 is 0 Å². The van der Waals surface area contributed by atoms with Gasteiger partial charge in [-0.1, -0.05) is 0 Å². The van der Waals surface area contributed by atoms with Crippen molar-refractivity contribution >= 4 is 5.90 Å². The molecule has 2 heterocycles. The van der Waals surface area contributed by atoms with Gasteiger partial charge in [0.25, 0.3) is 0 Å². The average Bonchev–Trinajstić information content (AvgIpc) is 2.47. The van der Waals surface area contributed by atoms with E-state index < -0.39 is 5.72 Å². The topological polar surface area (TPSA) is 80.4 Å². The maximum Gasteiger partial charge on any atom is 0.239 e. The van der Waals surface area contributed by atoms with E-state index in [9.17, 15) is 0 Å². The van der Waals surface area contributed by atoms with Crippen LogP contribution in [0.4, 0.5) is 0 Å². The second kappa shape index (κ2) is 4.87. The molecule has 0 saturated carbocycles. The summed E-state index contributed by atoms with van der Waals surface area (Å²) in [5.74, 6) is 1.31. The fraction of sp³-hybridized carbons (Fsp3) is 0.200. The molecular formula is C15H12N4O2. The van der Waals surface area contributed by atoms with Crippen LogP contribution in [0.15, 0.2) is 41.8 Å². The van der Waals surface area contributed by atoms with Crippen LogP contribution in [0.25, 0.3) is 0 Å². The molecule has 0 fully saturated rings. The Morgan fingerprint density at radius 2 is 2.14 bits per heavy atom. The van der Waals surface area contributed by atoms with Gasteiger partial charge in [0.1, 0.15) is 5.75 Å². The first-order valence-electron chi connectivity index (χ1n) is 6.35. The van der Waals surface area contributed by atoms with Crippen LogP contribution in [0, 0.1) is 11.3 Å². The van der Waals surface area contributed by atoms with E-state index in [1.807, 2.05) is 13.8 Å². The molecule has 1 aromatic carbocycles. The quantitative estimate of drug-likeness (QED) is 0.800. The molecule has 0 N–H and O–H groups in total. The van der Waals surface area contributed by atoms with Gasteiger partial charge >= 0.3 is 0 Å². The largest absolute Gasteiger partial charge is 0.466 e. The molecule has 21 heavy (non-hydrogen) atoms. The number of hydrogen-bond acceptors (Lipinski definition) is 6. The Morgan fingerprint density at radius 3 is 2.86 bits per heavy atom. The second-order valence-corrected chi connectivity index (χ2v) is 4.93. The van der Waals surface area contributed by atoms with Crippen molar-refractivity contribution in [2.45, 2.75) is 19.6 Å². The lowest BCUT2D eigenvalue weighted by atomic mass is 10.1. The van der Waals surface area contributed by atoms with Gasteiger partial charge in [-0.25, -0.2) is 9.98 Å². The monoisotopic (exact) mass is 280 g/mol. The van der Waals surface area contributed by atoms with Gasteiger partial charge in [0, 0.05) is 12.4 Å². The van der Waals surface area contributed by atoms with Crippen molar-refractivity contribution in [1.82, 2.24) is 9.97 Å². The molecule has 1 aliphatic rings. The van der Waals surface area contributed by atoms with Gasteiger partial charge in [0.2, 0.25) is 11.8 Å². The minimum atomic E-state index is -0.751. The van der Waals surface area contributed by atoms with E-state index >= 15 is 0 Å². The molecule has 6 nitrogen and oxygen atoms in total. The van der Waals surface area contributed by atoms with E-state index in [-0.39, 0.29) is 0 Å². The molecule has 0 aliphatic carbocycles. The Morgan fingerprint density at radius 1 is 1.29 bits per heavy atom. The smallest absolute Gasteiger partial charge is 0.239 e.